The summed E-state index contributed by atoms with van der Waals surface area (Å²) in [6.45, 7) is 0. The van der Waals surface area contributed by atoms with Crippen LogP contribution in [0.3, 0.4) is 0 Å². The molecule has 0 unspecified atom stereocenters. The largest absolute Gasteiger partial charge is 0.275 e. The van der Waals surface area contributed by atoms with Crippen LogP contribution in [0.4, 0.5) is 0 Å². The summed E-state index contributed by atoms with van der Waals surface area (Å²) in [5, 5.41) is 11.4. The molecule has 0 saturated heterocycles. The molecule has 6 nitrogen and oxygen atoms in total. The van der Waals surface area contributed by atoms with Gasteiger partial charge in [-0.15, -0.1) is 5.10 Å². The van der Waals surface area contributed by atoms with Gasteiger partial charge in [0.05, 0.1) is 7.05 Å². The lowest BCUT2D eigenvalue weighted by Gasteiger charge is -1.88. The summed E-state index contributed by atoms with van der Waals surface area (Å²) in [6.07, 6.45) is 5.05. The normalized spacial score (nSPS) is 10.3. The first-order valence-corrected chi connectivity index (χ1v) is 3.08. The van der Waals surface area contributed by atoms with Crippen LogP contribution >= 0.6 is 0 Å². The molecule has 0 fully saturated rings. The molecule has 2 rings (SSSR count). The van der Waals surface area contributed by atoms with Gasteiger partial charge in [0.15, 0.2) is 0 Å². The van der Waals surface area contributed by atoms with E-state index in [-0.39, 0.29) is 0 Å². The fraction of sp³-hybridized carbons (Fsp3) is 0.200. The van der Waals surface area contributed by atoms with Gasteiger partial charge in [-0.1, -0.05) is 5.10 Å². The van der Waals surface area contributed by atoms with Gasteiger partial charge in [-0.3, -0.25) is 4.57 Å². The SMILES string of the molecule is Cn1nnc(-n2ccnc2)n1. The monoisotopic (exact) mass is 150 g/mol. The van der Waals surface area contributed by atoms with Gasteiger partial charge in [-0.2, -0.15) is 4.80 Å². The van der Waals surface area contributed by atoms with Crippen molar-refractivity contribution in [2.75, 3.05) is 0 Å². The molecule has 0 radical (unpaired) electrons. The number of hydrogen-bond acceptors (Lipinski definition) is 4. The Morgan fingerprint density at radius 2 is 2.36 bits per heavy atom. The molecule has 0 bridgehead atoms. The van der Waals surface area contributed by atoms with Crippen molar-refractivity contribution in [3.8, 4) is 5.95 Å². The highest BCUT2D eigenvalue weighted by molar-refractivity contribution is 5.04. The first kappa shape index (κ1) is 6.02. The molecular formula is C5H6N6. The Hall–Kier alpha value is -1.72. The summed E-state index contributed by atoms with van der Waals surface area (Å²) in [4.78, 5) is 5.25. The molecule has 0 aliphatic carbocycles. The first-order chi connectivity index (χ1) is 5.36. The quantitative estimate of drug-likeness (QED) is 0.544. The molecule has 6 heteroatoms. The molecule has 0 aliphatic heterocycles. The average Bonchev–Trinajstić information content (AvgIpc) is 2.55. The van der Waals surface area contributed by atoms with Gasteiger partial charge in [0.25, 0.3) is 5.95 Å². The van der Waals surface area contributed by atoms with E-state index in [9.17, 15) is 0 Å². The van der Waals surface area contributed by atoms with Crippen LogP contribution in [0.15, 0.2) is 18.7 Å². The maximum Gasteiger partial charge on any atom is 0.275 e. The predicted octanol–water partition coefficient (Wildman–Crippen LogP) is -0.604. The molecule has 0 aromatic carbocycles. The van der Waals surface area contributed by atoms with Crippen LogP contribution in [-0.4, -0.2) is 29.8 Å². The van der Waals surface area contributed by atoms with Gasteiger partial charge < -0.3 is 0 Å². The van der Waals surface area contributed by atoms with E-state index in [1.807, 2.05) is 0 Å². The number of nitrogens with zero attached hydrogens (tertiary/aromatic N) is 6. The third kappa shape index (κ3) is 0.977. The lowest BCUT2D eigenvalue weighted by Crippen LogP contribution is -1.95. The molecular weight excluding hydrogens is 144 g/mol. The van der Waals surface area contributed by atoms with Crippen LogP contribution in [0.5, 0.6) is 0 Å². The van der Waals surface area contributed by atoms with Crippen molar-refractivity contribution in [2.24, 2.45) is 7.05 Å². The maximum absolute atomic E-state index is 3.97. The van der Waals surface area contributed by atoms with E-state index in [1.54, 1.807) is 30.3 Å². The molecule has 0 saturated carbocycles. The van der Waals surface area contributed by atoms with E-state index in [0.717, 1.165) is 0 Å². The van der Waals surface area contributed by atoms with Crippen molar-refractivity contribution in [1.82, 2.24) is 29.8 Å². The Bertz CT molecular complexity index is 333. The van der Waals surface area contributed by atoms with Crippen molar-refractivity contribution >= 4 is 0 Å². The summed E-state index contributed by atoms with van der Waals surface area (Å²) in [6, 6.07) is 0. The summed E-state index contributed by atoms with van der Waals surface area (Å²) in [5.41, 5.74) is 0. The van der Waals surface area contributed by atoms with Crippen LogP contribution in [0.1, 0.15) is 0 Å². The molecule has 0 aliphatic rings. The molecule has 2 aromatic heterocycles. The number of rotatable bonds is 1. The fourth-order valence-electron chi connectivity index (χ4n) is 0.755. The van der Waals surface area contributed by atoms with Crippen molar-refractivity contribution in [2.45, 2.75) is 0 Å². The lowest BCUT2D eigenvalue weighted by atomic mass is 10.9. The Morgan fingerprint density at radius 3 is 2.91 bits per heavy atom. The van der Waals surface area contributed by atoms with E-state index in [4.69, 9.17) is 0 Å². The van der Waals surface area contributed by atoms with Crippen LogP contribution in [0.2, 0.25) is 0 Å². The summed E-state index contributed by atoms with van der Waals surface area (Å²) >= 11 is 0. The summed E-state index contributed by atoms with van der Waals surface area (Å²) in [7, 11) is 1.72. The zero-order valence-electron chi connectivity index (χ0n) is 5.92. The van der Waals surface area contributed by atoms with Crippen LogP contribution < -0.4 is 0 Å². The molecule has 0 atom stereocenters. The highest BCUT2D eigenvalue weighted by Crippen LogP contribution is 1.94. The maximum atomic E-state index is 3.97. The Balaban J connectivity index is 2.45. The first-order valence-electron chi connectivity index (χ1n) is 3.08. The number of aryl methyl sites for hydroxylation is 1. The number of hydrogen-bond donors (Lipinski definition) is 0. The Labute approximate surface area is 62.5 Å². The molecule has 11 heavy (non-hydrogen) atoms. The van der Waals surface area contributed by atoms with E-state index < -0.39 is 0 Å². The van der Waals surface area contributed by atoms with E-state index in [1.165, 1.54) is 4.80 Å². The summed E-state index contributed by atoms with van der Waals surface area (Å²) < 4.78 is 1.69. The smallest absolute Gasteiger partial charge is 0.272 e. The van der Waals surface area contributed by atoms with E-state index in [0.29, 0.717) is 5.95 Å². The minimum Gasteiger partial charge on any atom is -0.272 e. The standard InChI is InChI=1S/C5H6N6/c1-10-8-5(7-9-10)11-3-2-6-4-11/h2-4H,1H3. The van der Waals surface area contributed by atoms with Crippen molar-refractivity contribution < 1.29 is 0 Å². The van der Waals surface area contributed by atoms with Crippen LogP contribution in [-0.2, 0) is 7.05 Å². The lowest BCUT2D eigenvalue weighted by molar-refractivity contribution is 0.628. The highest BCUT2D eigenvalue weighted by Gasteiger charge is 1.99. The van der Waals surface area contributed by atoms with E-state index >= 15 is 0 Å². The second-order valence-electron chi connectivity index (χ2n) is 2.05. The zero-order valence-corrected chi connectivity index (χ0v) is 5.92. The number of aromatic nitrogens is 6. The second-order valence-corrected chi connectivity index (χ2v) is 2.05. The van der Waals surface area contributed by atoms with Crippen LogP contribution in [0, 0.1) is 0 Å². The van der Waals surface area contributed by atoms with Gasteiger partial charge in [0.1, 0.15) is 6.33 Å². The molecule has 2 aromatic rings. The highest BCUT2D eigenvalue weighted by atomic mass is 15.6. The minimum atomic E-state index is 0.532. The van der Waals surface area contributed by atoms with Crippen molar-refractivity contribution in [3.63, 3.8) is 0 Å². The van der Waals surface area contributed by atoms with Gasteiger partial charge in [0, 0.05) is 12.4 Å². The third-order valence-corrected chi connectivity index (χ3v) is 1.23. The fourth-order valence-corrected chi connectivity index (χ4v) is 0.755. The second kappa shape index (κ2) is 2.15. The topological polar surface area (TPSA) is 61.4 Å². The summed E-state index contributed by atoms with van der Waals surface area (Å²) in [5.74, 6) is 0.532. The third-order valence-electron chi connectivity index (χ3n) is 1.23. The predicted molar refractivity (Wildman–Crippen MR) is 35.9 cm³/mol. The van der Waals surface area contributed by atoms with Gasteiger partial charge in [0.2, 0.25) is 0 Å². The van der Waals surface area contributed by atoms with Crippen LogP contribution in [0.25, 0.3) is 5.95 Å². The van der Waals surface area contributed by atoms with E-state index in [2.05, 4.69) is 20.4 Å². The van der Waals surface area contributed by atoms with Gasteiger partial charge in [-0.05, 0) is 5.21 Å². The molecule has 0 amide bonds. The minimum absolute atomic E-state index is 0.532. The molecule has 56 valence electrons. The molecule has 2 heterocycles. The van der Waals surface area contributed by atoms with Gasteiger partial charge in [-0.25, -0.2) is 4.98 Å². The Kier molecular flexibility index (Phi) is 1.18. The molecule has 0 spiro atoms. The van der Waals surface area contributed by atoms with Crippen molar-refractivity contribution in [1.29, 1.82) is 0 Å². The van der Waals surface area contributed by atoms with Gasteiger partial charge >= 0.3 is 0 Å². The average molecular weight is 150 g/mol. The van der Waals surface area contributed by atoms with Crippen molar-refractivity contribution in [3.05, 3.63) is 18.7 Å². The molecule has 0 N–H and O–H groups in total. The number of imidazole rings is 1. The number of tetrazole rings is 1. The zero-order chi connectivity index (χ0) is 7.68. The Morgan fingerprint density at radius 1 is 1.45 bits per heavy atom.